The molecule has 0 saturated carbocycles. The number of aryl methyl sites for hydroxylation is 2. The fraction of sp³-hybridized carbons (Fsp3) is 0.150. The number of hydrazone groups is 1. The van der Waals surface area contributed by atoms with Gasteiger partial charge in [-0.15, -0.1) is 0 Å². The highest BCUT2D eigenvalue weighted by molar-refractivity contribution is 7.45. The summed E-state index contributed by atoms with van der Waals surface area (Å²) in [6.07, 6.45) is 5.24. The average molecular weight is 490 g/mol. The minimum Gasteiger partial charge on any atom is -0.303 e. The lowest BCUT2D eigenvalue weighted by atomic mass is 10.2. The minimum atomic E-state index is -4.64. The van der Waals surface area contributed by atoms with Crippen LogP contribution in [0, 0.1) is 13.8 Å². The Morgan fingerprint density at radius 1 is 1.12 bits per heavy atom. The van der Waals surface area contributed by atoms with Crippen LogP contribution in [0.4, 0.5) is 5.82 Å². The molecule has 0 amide bonds. The number of pyridine rings is 1. The first-order valence-electron chi connectivity index (χ1n) is 9.49. The topological polar surface area (TPSA) is 159 Å². The van der Waals surface area contributed by atoms with Crippen LogP contribution in [0.25, 0.3) is 16.7 Å². The summed E-state index contributed by atoms with van der Waals surface area (Å²) in [5.74, 6) is 2.34. The second-order valence-electron chi connectivity index (χ2n) is 6.91. The number of benzene rings is 1. The zero-order chi connectivity index (χ0) is 24.2. The molecule has 0 aliphatic rings. The molecule has 3 aromatic heterocycles. The predicted octanol–water partition coefficient (Wildman–Crippen LogP) is 3.39. The molecular formula is C20H21ClN7O4P. The van der Waals surface area contributed by atoms with E-state index in [-0.39, 0.29) is 0 Å². The summed E-state index contributed by atoms with van der Waals surface area (Å²) in [5, 5.41) is 5.93. The number of fused-ring (bicyclic) bond motifs is 1. The maximum absolute atomic E-state index is 8.88. The molecule has 0 spiro atoms. The largest absolute Gasteiger partial charge is 0.466 e. The molecule has 33 heavy (non-hydrogen) atoms. The zero-order valence-electron chi connectivity index (χ0n) is 17.9. The molecule has 0 aliphatic carbocycles. The Morgan fingerprint density at radius 3 is 2.45 bits per heavy atom. The van der Waals surface area contributed by atoms with Crippen molar-refractivity contribution in [2.75, 3.05) is 5.43 Å². The van der Waals surface area contributed by atoms with E-state index in [0.29, 0.717) is 10.8 Å². The first-order chi connectivity index (χ1) is 15.5. The van der Waals surface area contributed by atoms with E-state index < -0.39 is 7.82 Å². The van der Waals surface area contributed by atoms with Gasteiger partial charge in [-0.25, -0.2) is 24.5 Å². The lowest BCUT2D eigenvalue weighted by Gasteiger charge is -2.07. The van der Waals surface area contributed by atoms with Gasteiger partial charge in [-0.1, -0.05) is 11.6 Å². The normalized spacial score (nSPS) is 11.8. The summed E-state index contributed by atoms with van der Waals surface area (Å²) in [4.78, 5) is 39.0. The maximum atomic E-state index is 8.88. The molecule has 0 radical (unpaired) electrons. The Labute approximate surface area is 194 Å². The quantitative estimate of drug-likeness (QED) is 0.191. The number of imidazole rings is 1. The van der Waals surface area contributed by atoms with Crippen LogP contribution < -0.4 is 5.43 Å². The third-order valence-electron chi connectivity index (χ3n) is 4.34. The summed E-state index contributed by atoms with van der Waals surface area (Å²) < 4.78 is 10.8. The van der Waals surface area contributed by atoms with E-state index >= 15 is 0 Å². The highest BCUT2D eigenvalue weighted by Crippen LogP contribution is 2.26. The number of nitrogens with one attached hydrogen (secondary N) is 1. The van der Waals surface area contributed by atoms with E-state index in [0.717, 1.165) is 39.5 Å². The van der Waals surface area contributed by atoms with E-state index in [2.05, 4.69) is 30.5 Å². The molecule has 0 bridgehead atoms. The molecule has 13 heteroatoms. The van der Waals surface area contributed by atoms with Gasteiger partial charge in [0.25, 0.3) is 0 Å². The van der Waals surface area contributed by atoms with Gasteiger partial charge in [-0.3, -0.25) is 9.99 Å². The third-order valence-corrected chi connectivity index (χ3v) is 4.58. The number of rotatable bonds is 4. The van der Waals surface area contributed by atoms with Gasteiger partial charge in [-0.2, -0.15) is 5.10 Å². The van der Waals surface area contributed by atoms with Gasteiger partial charge >= 0.3 is 7.82 Å². The maximum Gasteiger partial charge on any atom is 0.466 e. The van der Waals surface area contributed by atoms with Crippen LogP contribution in [0.15, 0.2) is 54.2 Å². The Hall–Kier alpha value is -3.21. The van der Waals surface area contributed by atoms with Crippen LogP contribution in [0.2, 0.25) is 5.02 Å². The van der Waals surface area contributed by atoms with Gasteiger partial charge in [0.1, 0.15) is 18.0 Å². The Morgan fingerprint density at radius 2 is 1.85 bits per heavy atom. The molecule has 11 nitrogen and oxygen atoms in total. The van der Waals surface area contributed by atoms with E-state index in [1.54, 1.807) is 18.3 Å². The molecule has 4 N–H and O–H groups in total. The van der Waals surface area contributed by atoms with Gasteiger partial charge < -0.3 is 14.7 Å². The number of hydrogen-bond donors (Lipinski definition) is 4. The van der Waals surface area contributed by atoms with Crippen LogP contribution >= 0.6 is 19.4 Å². The minimum absolute atomic E-state index is 0.620. The zero-order valence-corrected chi connectivity index (χ0v) is 19.5. The van der Waals surface area contributed by atoms with Crippen molar-refractivity contribution in [3.05, 3.63) is 71.2 Å². The van der Waals surface area contributed by atoms with Crippen molar-refractivity contribution >= 4 is 41.9 Å². The second kappa shape index (κ2) is 10.2. The van der Waals surface area contributed by atoms with Gasteiger partial charge in [0.15, 0.2) is 5.82 Å². The smallest absolute Gasteiger partial charge is 0.303 e. The summed E-state index contributed by atoms with van der Waals surface area (Å²) in [5.41, 5.74) is 6.44. The molecule has 0 atom stereocenters. The molecular weight excluding hydrogens is 469 g/mol. The van der Waals surface area contributed by atoms with E-state index in [1.165, 1.54) is 6.33 Å². The molecule has 4 rings (SSSR count). The van der Waals surface area contributed by atoms with Crippen LogP contribution in [-0.4, -0.2) is 44.9 Å². The van der Waals surface area contributed by atoms with E-state index in [9.17, 15) is 0 Å². The van der Waals surface area contributed by atoms with Crippen LogP contribution in [0.1, 0.15) is 24.0 Å². The first kappa shape index (κ1) is 24.4. The van der Waals surface area contributed by atoms with E-state index in [1.807, 2.05) is 49.7 Å². The lowest BCUT2D eigenvalue weighted by Crippen LogP contribution is -2.04. The van der Waals surface area contributed by atoms with Gasteiger partial charge in [0, 0.05) is 28.4 Å². The first-order valence-corrected chi connectivity index (χ1v) is 11.4. The molecule has 1 aromatic carbocycles. The molecule has 4 aromatic rings. The monoisotopic (exact) mass is 489 g/mol. The molecule has 0 saturated heterocycles. The number of halogens is 1. The van der Waals surface area contributed by atoms with Gasteiger partial charge in [-0.05, 0) is 51.1 Å². The number of aromatic nitrogens is 5. The number of phosphoric acid groups is 1. The standard InChI is InChI=1S/C20H18ClN7.H3O4P/c1-12-10-28(14(3)25-12)19-7-4-15(9-22-19)13(2)26-27-20-17-6-5-16(21)8-18(17)23-11-24-20;1-5(2,3)4/h4-11H,1-3H3,(H,23,24,27);(H3,1,2,3,4). The Bertz CT molecular complexity index is 1340. The summed E-state index contributed by atoms with van der Waals surface area (Å²) >= 11 is 6.03. The van der Waals surface area contributed by atoms with Crippen molar-refractivity contribution in [2.45, 2.75) is 20.8 Å². The Kier molecular flexibility index (Phi) is 7.52. The third kappa shape index (κ3) is 6.88. The lowest BCUT2D eigenvalue weighted by molar-refractivity contribution is 0.275. The van der Waals surface area contributed by atoms with Crippen molar-refractivity contribution in [3.63, 3.8) is 0 Å². The van der Waals surface area contributed by atoms with Crippen molar-refractivity contribution in [1.82, 2.24) is 24.5 Å². The fourth-order valence-corrected chi connectivity index (χ4v) is 3.08. The van der Waals surface area contributed by atoms with Crippen molar-refractivity contribution in [3.8, 4) is 5.82 Å². The summed E-state index contributed by atoms with van der Waals surface area (Å²) in [6.45, 7) is 5.83. The molecule has 0 fully saturated rings. The summed E-state index contributed by atoms with van der Waals surface area (Å²) in [6, 6.07) is 9.40. The SMILES string of the molecule is CC(=NNc1ncnc2cc(Cl)ccc12)c1ccc(-n2cc(C)nc2C)nc1.O=P(O)(O)O. The van der Waals surface area contributed by atoms with E-state index in [4.69, 9.17) is 30.8 Å². The average Bonchev–Trinajstić information content (AvgIpc) is 3.08. The van der Waals surface area contributed by atoms with Crippen LogP contribution in [0.3, 0.4) is 0 Å². The molecule has 172 valence electrons. The molecule has 3 heterocycles. The number of anilines is 1. The molecule has 0 aliphatic heterocycles. The predicted molar refractivity (Wildman–Crippen MR) is 125 cm³/mol. The number of nitrogens with zero attached hydrogens (tertiary/aromatic N) is 6. The van der Waals surface area contributed by atoms with Crippen LogP contribution in [-0.2, 0) is 4.57 Å². The van der Waals surface area contributed by atoms with Crippen LogP contribution in [0.5, 0.6) is 0 Å². The fourth-order valence-electron chi connectivity index (χ4n) is 2.91. The highest BCUT2D eigenvalue weighted by Gasteiger charge is 2.07. The van der Waals surface area contributed by atoms with Gasteiger partial charge in [0.05, 0.1) is 16.9 Å². The van der Waals surface area contributed by atoms with Crippen molar-refractivity contribution < 1.29 is 19.2 Å². The Balaban J connectivity index is 0.000000555. The van der Waals surface area contributed by atoms with Crippen molar-refractivity contribution in [1.29, 1.82) is 0 Å². The summed E-state index contributed by atoms with van der Waals surface area (Å²) in [7, 11) is -4.64. The molecule has 0 unspecified atom stereocenters. The van der Waals surface area contributed by atoms with Crippen molar-refractivity contribution in [2.24, 2.45) is 5.10 Å². The van der Waals surface area contributed by atoms with Gasteiger partial charge in [0.2, 0.25) is 0 Å². The second-order valence-corrected chi connectivity index (χ2v) is 8.37. The highest BCUT2D eigenvalue weighted by atomic mass is 35.5. The number of hydrogen-bond acceptors (Lipinski definition) is 7.